The lowest BCUT2D eigenvalue weighted by atomic mass is 10.2. The molecule has 0 aliphatic carbocycles. The van der Waals surface area contributed by atoms with Crippen molar-refractivity contribution in [2.75, 3.05) is 64.4 Å². The molecule has 3 rings (SSSR count). The number of ether oxygens (including phenoxy) is 1. The van der Waals surface area contributed by atoms with Crippen molar-refractivity contribution < 1.29 is 4.74 Å². The van der Waals surface area contributed by atoms with Gasteiger partial charge in [-0.25, -0.2) is 0 Å². The third-order valence-corrected chi connectivity index (χ3v) is 5.39. The van der Waals surface area contributed by atoms with Crippen molar-refractivity contribution in [3.05, 3.63) is 48.8 Å². The zero-order valence-corrected chi connectivity index (χ0v) is 21.1. The summed E-state index contributed by atoms with van der Waals surface area (Å²) >= 11 is 0. The molecule has 172 valence electrons. The van der Waals surface area contributed by atoms with Crippen LogP contribution in [-0.4, -0.2) is 74.9 Å². The van der Waals surface area contributed by atoms with E-state index in [2.05, 4.69) is 68.6 Å². The number of benzene rings is 1. The van der Waals surface area contributed by atoms with Crippen molar-refractivity contribution in [3.8, 4) is 5.75 Å². The maximum Gasteiger partial charge on any atom is 0.191 e. The highest BCUT2D eigenvalue weighted by molar-refractivity contribution is 14.0. The maximum atomic E-state index is 5.25. The number of rotatable bonds is 10. The Bertz CT molecular complexity index is 742. The van der Waals surface area contributed by atoms with Crippen LogP contribution in [0.4, 0.5) is 5.69 Å². The second-order valence-corrected chi connectivity index (χ2v) is 7.49. The van der Waals surface area contributed by atoms with Crippen molar-refractivity contribution in [1.29, 1.82) is 0 Å². The summed E-state index contributed by atoms with van der Waals surface area (Å²) in [6.07, 6.45) is 5.25. The highest BCUT2D eigenvalue weighted by Crippen LogP contribution is 2.20. The van der Waals surface area contributed by atoms with Gasteiger partial charge in [-0.15, -0.1) is 24.0 Å². The van der Waals surface area contributed by atoms with Gasteiger partial charge in [-0.05, 0) is 49.7 Å². The van der Waals surface area contributed by atoms with Crippen molar-refractivity contribution >= 4 is 35.6 Å². The SMILES string of the molecule is CCNC(=NCCCN1CCN(c2ccc(OC)cc2)CC1)NCCn1cccc1.I. The first-order chi connectivity index (χ1) is 14.8. The first-order valence-electron chi connectivity index (χ1n) is 11.0. The lowest BCUT2D eigenvalue weighted by Gasteiger charge is -2.36. The number of anilines is 1. The van der Waals surface area contributed by atoms with Crippen LogP contribution in [-0.2, 0) is 6.54 Å². The number of nitrogens with one attached hydrogen (secondary N) is 2. The quantitative estimate of drug-likeness (QED) is 0.210. The molecular weight excluding hydrogens is 503 g/mol. The Morgan fingerprint density at radius 1 is 1.00 bits per heavy atom. The summed E-state index contributed by atoms with van der Waals surface area (Å²) in [6.45, 7) is 11.1. The molecule has 0 saturated carbocycles. The summed E-state index contributed by atoms with van der Waals surface area (Å²) in [4.78, 5) is 9.73. The van der Waals surface area contributed by atoms with Gasteiger partial charge in [0.1, 0.15) is 5.75 Å². The van der Waals surface area contributed by atoms with E-state index in [-0.39, 0.29) is 24.0 Å². The van der Waals surface area contributed by atoms with Gasteiger partial charge in [-0.1, -0.05) is 0 Å². The predicted molar refractivity (Wildman–Crippen MR) is 140 cm³/mol. The van der Waals surface area contributed by atoms with Crippen LogP contribution in [0, 0.1) is 0 Å². The molecule has 0 radical (unpaired) electrons. The van der Waals surface area contributed by atoms with E-state index in [9.17, 15) is 0 Å². The van der Waals surface area contributed by atoms with E-state index in [1.807, 2.05) is 12.1 Å². The van der Waals surface area contributed by atoms with Gasteiger partial charge in [0.05, 0.1) is 7.11 Å². The second kappa shape index (κ2) is 14.2. The number of piperazine rings is 1. The summed E-state index contributed by atoms with van der Waals surface area (Å²) < 4.78 is 7.42. The van der Waals surface area contributed by atoms with Gasteiger partial charge < -0.3 is 24.8 Å². The van der Waals surface area contributed by atoms with Gasteiger partial charge in [-0.3, -0.25) is 9.89 Å². The average molecular weight is 540 g/mol. The van der Waals surface area contributed by atoms with Crippen molar-refractivity contribution in [2.45, 2.75) is 19.9 Å². The number of guanidine groups is 1. The standard InChI is InChI=1S/C23H36N6O.HI/c1-3-24-23(26-12-16-27-13-4-5-14-27)25-11-6-15-28-17-19-29(20-18-28)21-7-9-22(30-2)10-8-21;/h4-5,7-10,13-14H,3,6,11-12,15-20H2,1-2H3,(H2,24,25,26);1H. The van der Waals surface area contributed by atoms with Gasteiger partial charge in [0.25, 0.3) is 0 Å². The molecule has 8 heteroatoms. The number of aromatic nitrogens is 1. The molecule has 1 aromatic heterocycles. The molecule has 2 heterocycles. The number of halogens is 1. The molecule has 1 aliphatic heterocycles. The van der Waals surface area contributed by atoms with Crippen molar-refractivity contribution in [3.63, 3.8) is 0 Å². The number of aliphatic imine (C=N–C) groups is 1. The molecule has 0 spiro atoms. The Kier molecular flexibility index (Phi) is 11.6. The van der Waals surface area contributed by atoms with Crippen LogP contribution in [0.5, 0.6) is 5.75 Å². The molecule has 0 atom stereocenters. The van der Waals surface area contributed by atoms with Crippen molar-refractivity contribution in [1.82, 2.24) is 20.1 Å². The maximum absolute atomic E-state index is 5.25. The Morgan fingerprint density at radius 3 is 2.35 bits per heavy atom. The number of hydrogen-bond donors (Lipinski definition) is 2. The molecule has 2 aromatic rings. The molecule has 31 heavy (non-hydrogen) atoms. The van der Waals surface area contributed by atoms with E-state index >= 15 is 0 Å². The number of hydrogen-bond acceptors (Lipinski definition) is 4. The van der Waals surface area contributed by atoms with Crippen LogP contribution in [0.15, 0.2) is 53.8 Å². The molecule has 1 aromatic carbocycles. The molecular formula is C23H37IN6O. The minimum atomic E-state index is 0. The van der Waals surface area contributed by atoms with Crippen LogP contribution in [0.1, 0.15) is 13.3 Å². The summed E-state index contributed by atoms with van der Waals surface area (Å²) in [7, 11) is 1.71. The van der Waals surface area contributed by atoms with Crippen LogP contribution in [0.2, 0.25) is 0 Å². The molecule has 1 saturated heterocycles. The molecule has 0 bridgehead atoms. The number of nitrogens with zero attached hydrogens (tertiary/aromatic N) is 4. The minimum absolute atomic E-state index is 0. The van der Waals surface area contributed by atoms with Crippen LogP contribution < -0.4 is 20.3 Å². The normalized spacial score (nSPS) is 14.8. The fraction of sp³-hybridized carbons (Fsp3) is 0.522. The smallest absolute Gasteiger partial charge is 0.191 e. The predicted octanol–water partition coefficient (Wildman–Crippen LogP) is 2.88. The highest BCUT2D eigenvalue weighted by atomic mass is 127. The molecule has 1 aliphatic rings. The fourth-order valence-corrected chi connectivity index (χ4v) is 3.67. The lowest BCUT2D eigenvalue weighted by molar-refractivity contribution is 0.256. The average Bonchev–Trinajstić information content (AvgIpc) is 3.31. The van der Waals surface area contributed by atoms with Gasteiger partial charge in [0.15, 0.2) is 5.96 Å². The minimum Gasteiger partial charge on any atom is -0.497 e. The van der Waals surface area contributed by atoms with E-state index in [0.29, 0.717) is 0 Å². The monoisotopic (exact) mass is 540 g/mol. The Hall–Kier alpha value is -1.94. The van der Waals surface area contributed by atoms with Gasteiger partial charge >= 0.3 is 0 Å². The second-order valence-electron chi connectivity index (χ2n) is 7.49. The van der Waals surface area contributed by atoms with E-state index in [1.165, 1.54) is 5.69 Å². The Labute approximate surface area is 203 Å². The Balaban J connectivity index is 0.00000341. The van der Waals surface area contributed by atoms with Crippen molar-refractivity contribution in [2.24, 2.45) is 4.99 Å². The fourth-order valence-electron chi connectivity index (χ4n) is 3.67. The molecule has 1 fully saturated rings. The topological polar surface area (TPSA) is 57.1 Å². The van der Waals surface area contributed by atoms with E-state index in [0.717, 1.165) is 77.0 Å². The molecule has 2 N–H and O–H groups in total. The third-order valence-electron chi connectivity index (χ3n) is 5.39. The van der Waals surface area contributed by atoms with E-state index in [1.54, 1.807) is 7.11 Å². The summed E-state index contributed by atoms with van der Waals surface area (Å²) in [5.41, 5.74) is 1.28. The van der Waals surface area contributed by atoms with E-state index < -0.39 is 0 Å². The third kappa shape index (κ3) is 8.60. The summed E-state index contributed by atoms with van der Waals surface area (Å²) in [5, 5.41) is 6.75. The van der Waals surface area contributed by atoms with Crippen LogP contribution in [0.25, 0.3) is 0 Å². The summed E-state index contributed by atoms with van der Waals surface area (Å²) in [5.74, 6) is 1.82. The Morgan fingerprint density at radius 2 is 1.71 bits per heavy atom. The first-order valence-corrected chi connectivity index (χ1v) is 11.0. The van der Waals surface area contributed by atoms with E-state index in [4.69, 9.17) is 9.73 Å². The molecule has 0 amide bonds. The number of methoxy groups -OCH3 is 1. The zero-order valence-electron chi connectivity index (χ0n) is 18.8. The lowest BCUT2D eigenvalue weighted by Crippen LogP contribution is -2.46. The molecule has 7 nitrogen and oxygen atoms in total. The zero-order chi connectivity index (χ0) is 21.0. The molecule has 0 unspecified atom stereocenters. The van der Waals surface area contributed by atoms with Crippen LogP contribution in [0.3, 0.4) is 0 Å². The summed E-state index contributed by atoms with van der Waals surface area (Å²) in [6, 6.07) is 12.5. The van der Waals surface area contributed by atoms with Crippen LogP contribution >= 0.6 is 24.0 Å². The van der Waals surface area contributed by atoms with Gasteiger partial charge in [0, 0.05) is 77.0 Å². The highest BCUT2D eigenvalue weighted by Gasteiger charge is 2.16. The van der Waals surface area contributed by atoms with Gasteiger partial charge in [0.2, 0.25) is 0 Å². The first kappa shape index (κ1) is 25.3. The van der Waals surface area contributed by atoms with Gasteiger partial charge in [-0.2, -0.15) is 0 Å². The largest absolute Gasteiger partial charge is 0.497 e.